The zero-order valence-corrected chi connectivity index (χ0v) is 20.8. The average molecular weight is 518 g/mol. The molecular weight excluding hydrogens is 494 g/mol. The van der Waals surface area contributed by atoms with E-state index in [9.17, 15) is 0 Å². The van der Waals surface area contributed by atoms with Gasteiger partial charge in [-0.05, 0) is 79.7 Å². The first kappa shape index (κ1) is 21.8. The van der Waals surface area contributed by atoms with Crippen molar-refractivity contribution in [3.05, 3.63) is 112 Å². The van der Waals surface area contributed by atoms with Crippen molar-refractivity contribution in [3.63, 3.8) is 0 Å². The summed E-state index contributed by atoms with van der Waals surface area (Å²) in [6.45, 7) is 5.01. The summed E-state index contributed by atoms with van der Waals surface area (Å²) >= 11 is 9.45. The molecule has 1 fully saturated rings. The van der Waals surface area contributed by atoms with Crippen molar-refractivity contribution in [3.8, 4) is 5.69 Å². The van der Waals surface area contributed by atoms with Crippen LogP contribution in [0, 0.1) is 13.8 Å². The van der Waals surface area contributed by atoms with Crippen LogP contribution in [0.5, 0.6) is 0 Å². The average Bonchev–Trinajstić information content (AvgIpc) is 3.30. The maximum atomic E-state index is 5.84. The Kier molecular flexibility index (Phi) is 6.00. The van der Waals surface area contributed by atoms with E-state index in [0.717, 1.165) is 26.5 Å². The Labute approximate surface area is 207 Å². The summed E-state index contributed by atoms with van der Waals surface area (Å²) in [6.07, 6.45) is 5.54. The molecule has 1 aliphatic heterocycles. The highest BCUT2D eigenvalue weighted by molar-refractivity contribution is 9.10. The van der Waals surface area contributed by atoms with E-state index in [1.807, 2.05) is 36.7 Å². The van der Waals surface area contributed by atoms with Crippen LogP contribution in [-0.4, -0.2) is 24.5 Å². The first-order valence-electron chi connectivity index (χ1n) is 10.8. The topological polar surface area (TPSA) is 46.0 Å². The highest BCUT2D eigenvalue weighted by atomic mass is 79.9. The number of nitrogens with zero attached hydrogens (tertiary/aromatic N) is 4. The Bertz CT molecular complexity index is 1290. The second kappa shape index (κ2) is 9.08. The van der Waals surface area contributed by atoms with Gasteiger partial charge in [0.05, 0.1) is 17.8 Å². The Hall–Kier alpha value is -3.03. The van der Waals surface area contributed by atoms with Crippen molar-refractivity contribution in [2.24, 2.45) is 0 Å². The lowest BCUT2D eigenvalue weighted by Crippen LogP contribution is -2.29. The van der Waals surface area contributed by atoms with Gasteiger partial charge in [-0.25, -0.2) is 0 Å². The fraction of sp³-hybridized carbons (Fsp3) is 0.192. The number of benzene rings is 1. The first-order valence-corrected chi connectivity index (χ1v) is 12.0. The molecule has 0 radical (unpaired) electrons. The van der Waals surface area contributed by atoms with Crippen LogP contribution in [-0.2, 0) is 6.54 Å². The van der Waals surface area contributed by atoms with E-state index in [1.165, 1.54) is 17.0 Å². The molecule has 166 valence electrons. The molecule has 4 aromatic rings. The van der Waals surface area contributed by atoms with Crippen LogP contribution >= 0.6 is 28.1 Å². The Morgan fingerprint density at radius 1 is 1.03 bits per heavy atom. The molecule has 7 heteroatoms. The van der Waals surface area contributed by atoms with Gasteiger partial charge in [0.15, 0.2) is 5.11 Å². The predicted molar refractivity (Wildman–Crippen MR) is 138 cm³/mol. The maximum Gasteiger partial charge on any atom is 0.170 e. The minimum atomic E-state index is -0.0492. The normalized spacial score (nSPS) is 17.9. The number of pyridine rings is 2. The smallest absolute Gasteiger partial charge is 0.170 e. The summed E-state index contributed by atoms with van der Waals surface area (Å²) in [7, 11) is 0. The van der Waals surface area contributed by atoms with Gasteiger partial charge in [0.1, 0.15) is 0 Å². The van der Waals surface area contributed by atoms with Gasteiger partial charge >= 0.3 is 0 Å². The van der Waals surface area contributed by atoms with E-state index in [1.54, 1.807) is 6.20 Å². The Morgan fingerprint density at radius 3 is 2.64 bits per heavy atom. The molecule has 5 rings (SSSR count). The quantitative estimate of drug-likeness (QED) is 0.338. The van der Waals surface area contributed by atoms with Crippen molar-refractivity contribution in [1.29, 1.82) is 0 Å². The molecule has 0 spiro atoms. The third-order valence-corrected chi connectivity index (χ3v) is 6.97. The maximum absolute atomic E-state index is 5.84. The summed E-state index contributed by atoms with van der Waals surface area (Å²) in [5.74, 6) is 0. The zero-order chi connectivity index (χ0) is 22.9. The van der Waals surface area contributed by atoms with Crippen molar-refractivity contribution >= 4 is 33.3 Å². The van der Waals surface area contributed by atoms with Gasteiger partial charge in [-0.3, -0.25) is 9.97 Å². The summed E-state index contributed by atoms with van der Waals surface area (Å²) in [5, 5.41) is 4.28. The third kappa shape index (κ3) is 4.18. The SMILES string of the molecule is Cc1cc([C@@H]2[C@H](c3ccccn3)NC(=S)N2Cc2cccnc2)c(C)n1-c1cccc(Br)c1. The number of rotatable bonds is 5. The van der Waals surface area contributed by atoms with Crippen molar-refractivity contribution in [2.75, 3.05) is 0 Å². The van der Waals surface area contributed by atoms with Crippen molar-refractivity contribution in [2.45, 2.75) is 32.5 Å². The van der Waals surface area contributed by atoms with Gasteiger partial charge in [-0.15, -0.1) is 0 Å². The van der Waals surface area contributed by atoms with E-state index < -0.39 is 0 Å². The lowest BCUT2D eigenvalue weighted by Gasteiger charge is -2.28. The van der Waals surface area contributed by atoms with E-state index in [2.05, 4.69) is 90.9 Å². The summed E-state index contributed by atoms with van der Waals surface area (Å²) in [4.78, 5) is 11.2. The molecular formula is C26H24BrN5S. The monoisotopic (exact) mass is 517 g/mol. The minimum Gasteiger partial charge on any atom is -0.352 e. The molecule has 0 aliphatic carbocycles. The van der Waals surface area contributed by atoms with Gasteiger partial charge in [-0.2, -0.15) is 0 Å². The molecule has 1 aliphatic rings. The highest BCUT2D eigenvalue weighted by Gasteiger charge is 2.41. The van der Waals surface area contributed by atoms with E-state index in [-0.39, 0.29) is 12.1 Å². The molecule has 0 bridgehead atoms. The molecule has 4 heterocycles. The number of thiocarbonyl (C=S) groups is 1. The van der Waals surface area contributed by atoms with Gasteiger partial charge < -0.3 is 14.8 Å². The number of aromatic nitrogens is 3. The molecule has 0 amide bonds. The van der Waals surface area contributed by atoms with Gasteiger partial charge in [0.25, 0.3) is 0 Å². The predicted octanol–water partition coefficient (Wildman–Crippen LogP) is 5.82. The van der Waals surface area contributed by atoms with Crippen LogP contribution in [0.3, 0.4) is 0 Å². The van der Waals surface area contributed by atoms with Crippen LogP contribution in [0.2, 0.25) is 0 Å². The van der Waals surface area contributed by atoms with Gasteiger partial charge in [0, 0.05) is 46.7 Å². The number of nitrogens with one attached hydrogen (secondary N) is 1. The number of hydrogen-bond acceptors (Lipinski definition) is 3. The van der Waals surface area contributed by atoms with Crippen LogP contribution in [0.15, 0.2) is 83.7 Å². The van der Waals surface area contributed by atoms with E-state index in [0.29, 0.717) is 6.54 Å². The van der Waals surface area contributed by atoms with Gasteiger partial charge in [0.2, 0.25) is 0 Å². The fourth-order valence-electron chi connectivity index (χ4n) is 4.70. The molecule has 1 aromatic carbocycles. The summed E-state index contributed by atoms with van der Waals surface area (Å²) < 4.78 is 3.36. The molecule has 2 atom stereocenters. The third-order valence-electron chi connectivity index (χ3n) is 6.13. The van der Waals surface area contributed by atoms with Crippen LogP contribution < -0.4 is 5.32 Å². The van der Waals surface area contributed by atoms with Crippen molar-refractivity contribution in [1.82, 2.24) is 24.8 Å². The lowest BCUT2D eigenvalue weighted by molar-refractivity contribution is 0.310. The second-order valence-corrected chi connectivity index (χ2v) is 9.56. The van der Waals surface area contributed by atoms with E-state index >= 15 is 0 Å². The minimum absolute atomic E-state index is 0.000269. The molecule has 0 saturated carbocycles. The molecule has 1 saturated heterocycles. The fourth-order valence-corrected chi connectivity index (χ4v) is 5.39. The van der Waals surface area contributed by atoms with Crippen LogP contribution in [0.25, 0.3) is 5.69 Å². The lowest BCUT2D eigenvalue weighted by atomic mass is 9.96. The standard InChI is InChI=1S/C26H24BrN5S/c1-17-13-22(18(2)32(17)21-9-5-8-20(27)14-21)25-24(23-10-3-4-12-29-23)30-26(33)31(25)16-19-7-6-11-28-15-19/h3-15,24-25H,16H2,1-2H3,(H,30,33)/t24-,25+/m0/s1. The van der Waals surface area contributed by atoms with E-state index in [4.69, 9.17) is 12.2 Å². The number of aryl methyl sites for hydroxylation is 1. The van der Waals surface area contributed by atoms with Crippen LogP contribution in [0.4, 0.5) is 0 Å². The summed E-state index contributed by atoms with van der Waals surface area (Å²) in [6, 6.07) is 20.7. The van der Waals surface area contributed by atoms with Crippen LogP contribution in [0.1, 0.15) is 40.3 Å². The first-order chi connectivity index (χ1) is 16.0. The Morgan fingerprint density at radius 2 is 1.91 bits per heavy atom. The second-order valence-electron chi connectivity index (χ2n) is 8.26. The number of hydrogen-bond donors (Lipinski definition) is 1. The largest absolute Gasteiger partial charge is 0.352 e. The molecule has 3 aromatic heterocycles. The molecule has 0 unspecified atom stereocenters. The molecule has 33 heavy (non-hydrogen) atoms. The zero-order valence-electron chi connectivity index (χ0n) is 18.4. The summed E-state index contributed by atoms with van der Waals surface area (Å²) in [5.41, 5.74) is 6.84. The molecule has 1 N–H and O–H groups in total. The van der Waals surface area contributed by atoms with Gasteiger partial charge in [-0.1, -0.05) is 34.1 Å². The Balaban J connectivity index is 1.62. The van der Waals surface area contributed by atoms with Crippen molar-refractivity contribution < 1.29 is 0 Å². The highest BCUT2D eigenvalue weighted by Crippen LogP contribution is 2.42. The molecule has 5 nitrogen and oxygen atoms in total. The number of halogens is 1.